The van der Waals surface area contributed by atoms with E-state index in [-0.39, 0.29) is 28.6 Å². The fraction of sp³-hybridized carbons (Fsp3) is 0.444. The second-order valence-electron chi connectivity index (χ2n) is 3.28. The van der Waals surface area contributed by atoms with Crippen LogP contribution < -0.4 is 5.32 Å². The van der Waals surface area contributed by atoms with Crippen LogP contribution in [0.2, 0.25) is 10.4 Å². The summed E-state index contributed by atoms with van der Waals surface area (Å²) in [7, 11) is 0. The number of nitrogens with one attached hydrogen (secondary N) is 1. The van der Waals surface area contributed by atoms with E-state index in [1.165, 1.54) is 6.07 Å². The first-order chi connectivity index (χ1) is 7.47. The standard InChI is InChI=1S/C9H11Cl2N3O2/c1-5(15)2-3-8(16)13-7-4-6(10)12-9(11)14-7/h4-5,15H,2-3H2,1H3,(H,12,13,14,16). The molecular weight excluding hydrogens is 253 g/mol. The van der Waals surface area contributed by atoms with E-state index < -0.39 is 6.10 Å². The number of aliphatic hydroxyl groups excluding tert-OH is 1. The average Bonchev–Trinajstić information content (AvgIpc) is 2.12. The van der Waals surface area contributed by atoms with Gasteiger partial charge in [0.25, 0.3) is 0 Å². The zero-order valence-electron chi connectivity index (χ0n) is 8.57. The van der Waals surface area contributed by atoms with E-state index in [1.807, 2.05) is 0 Å². The van der Waals surface area contributed by atoms with E-state index in [1.54, 1.807) is 6.92 Å². The molecule has 2 N–H and O–H groups in total. The highest BCUT2D eigenvalue weighted by molar-refractivity contribution is 6.32. The quantitative estimate of drug-likeness (QED) is 0.643. The van der Waals surface area contributed by atoms with Gasteiger partial charge in [0, 0.05) is 12.5 Å². The lowest BCUT2D eigenvalue weighted by molar-refractivity contribution is -0.116. The lowest BCUT2D eigenvalue weighted by Crippen LogP contribution is -2.15. The van der Waals surface area contributed by atoms with Gasteiger partial charge < -0.3 is 10.4 Å². The van der Waals surface area contributed by atoms with Crippen molar-refractivity contribution in [1.29, 1.82) is 0 Å². The fourth-order valence-corrected chi connectivity index (χ4v) is 1.41. The largest absolute Gasteiger partial charge is 0.393 e. The molecule has 1 aromatic rings. The molecule has 0 aliphatic heterocycles. The molecule has 88 valence electrons. The van der Waals surface area contributed by atoms with Gasteiger partial charge in [-0.15, -0.1) is 0 Å². The Bertz CT molecular complexity index is 365. The molecule has 0 fully saturated rings. The van der Waals surface area contributed by atoms with E-state index in [0.717, 1.165) is 0 Å². The minimum absolute atomic E-state index is 0.0293. The summed E-state index contributed by atoms with van der Waals surface area (Å²) >= 11 is 11.2. The zero-order chi connectivity index (χ0) is 12.1. The van der Waals surface area contributed by atoms with Crippen LogP contribution in [0, 0.1) is 0 Å². The van der Waals surface area contributed by atoms with E-state index in [0.29, 0.717) is 6.42 Å². The number of amides is 1. The van der Waals surface area contributed by atoms with Gasteiger partial charge in [0.05, 0.1) is 6.10 Å². The summed E-state index contributed by atoms with van der Waals surface area (Å²) in [4.78, 5) is 18.8. The van der Waals surface area contributed by atoms with Gasteiger partial charge in [0.15, 0.2) is 0 Å². The molecule has 0 aliphatic carbocycles. The second-order valence-corrected chi connectivity index (χ2v) is 4.01. The van der Waals surface area contributed by atoms with E-state index in [9.17, 15) is 4.79 Å². The molecule has 1 amide bonds. The molecule has 1 rings (SSSR count). The number of carbonyl (C=O) groups is 1. The Morgan fingerprint density at radius 3 is 2.81 bits per heavy atom. The highest BCUT2D eigenvalue weighted by Gasteiger charge is 2.07. The van der Waals surface area contributed by atoms with Gasteiger partial charge >= 0.3 is 0 Å². The SMILES string of the molecule is CC(O)CCC(=O)Nc1cc(Cl)nc(Cl)n1. The summed E-state index contributed by atoms with van der Waals surface area (Å²) in [6.45, 7) is 1.62. The maximum absolute atomic E-state index is 11.4. The number of anilines is 1. The maximum atomic E-state index is 11.4. The lowest BCUT2D eigenvalue weighted by Gasteiger charge is -2.06. The van der Waals surface area contributed by atoms with Crippen LogP contribution in [-0.4, -0.2) is 27.1 Å². The van der Waals surface area contributed by atoms with Crippen molar-refractivity contribution in [3.8, 4) is 0 Å². The molecule has 1 atom stereocenters. The molecule has 0 aromatic carbocycles. The van der Waals surface area contributed by atoms with E-state index in [2.05, 4.69) is 15.3 Å². The van der Waals surface area contributed by atoms with Crippen molar-refractivity contribution < 1.29 is 9.90 Å². The van der Waals surface area contributed by atoms with Crippen molar-refractivity contribution in [1.82, 2.24) is 9.97 Å². The molecule has 1 heterocycles. The Balaban J connectivity index is 2.56. The third-order valence-corrected chi connectivity index (χ3v) is 2.09. The summed E-state index contributed by atoms with van der Waals surface area (Å²) in [5.74, 6) is -0.00711. The molecule has 0 aliphatic rings. The fourth-order valence-electron chi connectivity index (χ4n) is 0.999. The number of nitrogens with zero attached hydrogens (tertiary/aromatic N) is 2. The predicted molar refractivity (Wildman–Crippen MR) is 61.6 cm³/mol. The van der Waals surface area contributed by atoms with Crippen LogP contribution in [0.1, 0.15) is 19.8 Å². The molecule has 0 saturated heterocycles. The van der Waals surface area contributed by atoms with E-state index in [4.69, 9.17) is 28.3 Å². The summed E-state index contributed by atoms with van der Waals surface area (Å²) in [6, 6.07) is 1.40. The van der Waals surface area contributed by atoms with Gasteiger partial charge in [-0.3, -0.25) is 4.79 Å². The third kappa shape index (κ3) is 4.74. The van der Waals surface area contributed by atoms with Gasteiger partial charge in [-0.2, -0.15) is 0 Å². The predicted octanol–water partition coefficient (Wildman–Crippen LogP) is 1.88. The number of carbonyl (C=O) groups excluding carboxylic acids is 1. The van der Waals surface area contributed by atoms with Gasteiger partial charge in [-0.05, 0) is 24.9 Å². The first-order valence-corrected chi connectivity index (χ1v) is 5.41. The number of aliphatic hydroxyl groups is 1. The molecule has 1 unspecified atom stereocenters. The van der Waals surface area contributed by atoms with Crippen molar-refractivity contribution in [3.63, 3.8) is 0 Å². The van der Waals surface area contributed by atoms with Crippen LogP contribution in [-0.2, 0) is 4.79 Å². The van der Waals surface area contributed by atoms with Gasteiger partial charge in [0.2, 0.25) is 11.2 Å². The van der Waals surface area contributed by atoms with Crippen LogP contribution in [0.3, 0.4) is 0 Å². The molecular formula is C9H11Cl2N3O2. The van der Waals surface area contributed by atoms with Crippen molar-refractivity contribution in [2.24, 2.45) is 0 Å². The number of hydrogen-bond donors (Lipinski definition) is 2. The molecule has 0 radical (unpaired) electrons. The zero-order valence-corrected chi connectivity index (χ0v) is 10.1. The Morgan fingerprint density at radius 1 is 1.56 bits per heavy atom. The molecule has 5 nitrogen and oxygen atoms in total. The number of halogens is 2. The minimum atomic E-state index is -0.511. The highest BCUT2D eigenvalue weighted by Crippen LogP contribution is 2.14. The Morgan fingerprint density at radius 2 is 2.25 bits per heavy atom. The molecule has 0 saturated carbocycles. The molecule has 1 aromatic heterocycles. The minimum Gasteiger partial charge on any atom is -0.393 e. The Labute approximate surface area is 103 Å². The van der Waals surface area contributed by atoms with Gasteiger partial charge in [-0.1, -0.05) is 11.6 Å². The topological polar surface area (TPSA) is 75.1 Å². The van der Waals surface area contributed by atoms with Crippen molar-refractivity contribution in [3.05, 3.63) is 16.5 Å². The van der Waals surface area contributed by atoms with Gasteiger partial charge in [0.1, 0.15) is 11.0 Å². The van der Waals surface area contributed by atoms with Crippen molar-refractivity contribution >= 4 is 34.9 Å². The van der Waals surface area contributed by atoms with Crippen LogP contribution in [0.25, 0.3) is 0 Å². The second kappa shape index (κ2) is 5.98. The number of aromatic nitrogens is 2. The normalized spacial score (nSPS) is 12.2. The maximum Gasteiger partial charge on any atom is 0.225 e. The first kappa shape index (κ1) is 13.2. The van der Waals surface area contributed by atoms with Crippen molar-refractivity contribution in [2.45, 2.75) is 25.9 Å². The lowest BCUT2D eigenvalue weighted by atomic mass is 10.2. The van der Waals surface area contributed by atoms with Crippen molar-refractivity contribution in [2.75, 3.05) is 5.32 Å². The first-order valence-electron chi connectivity index (χ1n) is 4.65. The average molecular weight is 264 g/mol. The van der Waals surface area contributed by atoms with Crippen LogP contribution in [0.4, 0.5) is 5.82 Å². The summed E-state index contributed by atoms with van der Waals surface area (Å²) in [5.41, 5.74) is 0. The van der Waals surface area contributed by atoms with Crippen LogP contribution >= 0.6 is 23.2 Å². The van der Waals surface area contributed by atoms with Crippen LogP contribution in [0.15, 0.2) is 6.07 Å². The number of hydrogen-bond acceptors (Lipinski definition) is 4. The summed E-state index contributed by atoms with van der Waals surface area (Å²) in [5, 5.41) is 11.6. The monoisotopic (exact) mass is 263 g/mol. The molecule has 7 heteroatoms. The molecule has 16 heavy (non-hydrogen) atoms. The van der Waals surface area contributed by atoms with Crippen LogP contribution in [0.5, 0.6) is 0 Å². The van der Waals surface area contributed by atoms with Gasteiger partial charge in [-0.25, -0.2) is 9.97 Å². The Kier molecular flexibility index (Phi) is 4.92. The Hall–Kier alpha value is -0.910. The smallest absolute Gasteiger partial charge is 0.225 e. The summed E-state index contributed by atoms with van der Waals surface area (Å²) < 4.78 is 0. The summed E-state index contributed by atoms with van der Waals surface area (Å²) in [6.07, 6.45) is 0.0817. The van der Waals surface area contributed by atoms with E-state index >= 15 is 0 Å². The highest BCUT2D eigenvalue weighted by atomic mass is 35.5. The third-order valence-electron chi connectivity index (χ3n) is 1.72. The number of rotatable bonds is 4. The molecule has 0 spiro atoms. The molecule has 0 bridgehead atoms.